The molecule has 1 N–H and O–H groups in total. The fraction of sp³-hybridized carbons (Fsp3) is 0.400. The minimum atomic E-state index is -0.637. The summed E-state index contributed by atoms with van der Waals surface area (Å²) in [7, 11) is 2.56. The van der Waals surface area contributed by atoms with Gasteiger partial charge in [0, 0.05) is 12.6 Å². The van der Waals surface area contributed by atoms with Crippen molar-refractivity contribution in [1.82, 2.24) is 5.32 Å². The highest BCUT2D eigenvalue weighted by molar-refractivity contribution is 6.56. The smallest absolute Gasteiger partial charge is 0.492 e. The average Bonchev–Trinajstić information content (AvgIpc) is 3.02. The molecule has 0 aromatic heterocycles. The number of nitrogens with one attached hydrogen (secondary N) is 1. The van der Waals surface area contributed by atoms with Crippen molar-refractivity contribution in [3.8, 4) is 11.5 Å². The monoisotopic (exact) mass is 453 g/mol. The van der Waals surface area contributed by atoms with Crippen LogP contribution in [-0.2, 0) is 20.7 Å². The first kappa shape index (κ1) is 24.7. The van der Waals surface area contributed by atoms with E-state index >= 15 is 0 Å². The maximum Gasteiger partial charge on any atom is 0.492 e. The van der Waals surface area contributed by atoms with E-state index in [1.807, 2.05) is 76.2 Å². The summed E-state index contributed by atoms with van der Waals surface area (Å²) < 4.78 is 28.6. The Hall–Kier alpha value is -2.97. The lowest BCUT2D eigenvalue weighted by Crippen LogP contribution is -2.41. The Kier molecular flexibility index (Phi) is 7.71. The number of hydrogen-bond acceptors (Lipinski definition) is 6. The van der Waals surface area contributed by atoms with Crippen LogP contribution in [0.15, 0.2) is 54.0 Å². The molecule has 1 heterocycles. The van der Waals surface area contributed by atoms with Crippen LogP contribution in [0.5, 0.6) is 11.5 Å². The second-order valence-electron chi connectivity index (χ2n) is 8.87. The second-order valence-corrected chi connectivity index (χ2v) is 8.87. The molecule has 0 radical (unpaired) electrons. The zero-order chi connectivity index (χ0) is 24.1. The quantitative estimate of drug-likeness (QED) is 0.587. The Bertz CT molecular complexity index is 951. The number of methoxy groups -OCH3 is 2. The first-order valence-electron chi connectivity index (χ1n) is 10.9. The van der Waals surface area contributed by atoms with Crippen molar-refractivity contribution >= 4 is 19.3 Å². The summed E-state index contributed by atoms with van der Waals surface area (Å²) in [6, 6.07) is 15.1. The number of benzene rings is 2. The van der Waals surface area contributed by atoms with Gasteiger partial charge < -0.3 is 28.8 Å². The van der Waals surface area contributed by atoms with Gasteiger partial charge in [-0.2, -0.15) is 0 Å². The van der Waals surface area contributed by atoms with Crippen LogP contribution < -0.4 is 14.8 Å². The molecule has 1 amide bonds. The van der Waals surface area contributed by atoms with Crippen molar-refractivity contribution in [2.75, 3.05) is 20.8 Å². The molecule has 33 heavy (non-hydrogen) atoms. The largest absolute Gasteiger partial charge is 0.497 e. The van der Waals surface area contributed by atoms with Crippen molar-refractivity contribution < 1.29 is 28.3 Å². The lowest BCUT2D eigenvalue weighted by Gasteiger charge is -2.32. The van der Waals surface area contributed by atoms with Crippen molar-refractivity contribution in [3.05, 3.63) is 65.1 Å². The summed E-state index contributed by atoms with van der Waals surface area (Å²) in [5.41, 5.74) is 1.45. The van der Waals surface area contributed by atoms with Crippen LogP contribution in [0.25, 0.3) is 6.08 Å². The van der Waals surface area contributed by atoms with Gasteiger partial charge in [-0.1, -0.05) is 36.4 Å². The normalized spacial score (nSPS) is 16.9. The van der Waals surface area contributed by atoms with Crippen molar-refractivity contribution in [2.45, 2.75) is 45.5 Å². The van der Waals surface area contributed by atoms with Gasteiger partial charge in [0.05, 0.1) is 25.4 Å². The number of carbonyl (C=O) groups excluding carboxylic acids is 1. The number of hydrogen-bond donors (Lipinski definition) is 1. The minimum absolute atomic E-state index is 0.184. The molecule has 0 bridgehead atoms. The Balaban J connectivity index is 1.79. The Morgan fingerprint density at radius 2 is 1.55 bits per heavy atom. The van der Waals surface area contributed by atoms with Gasteiger partial charge >= 0.3 is 13.2 Å². The van der Waals surface area contributed by atoms with Gasteiger partial charge in [-0.3, -0.25) is 0 Å². The minimum Gasteiger partial charge on any atom is -0.497 e. The van der Waals surface area contributed by atoms with E-state index in [0.29, 0.717) is 11.5 Å². The van der Waals surface area contributed by atoms with Crippen molar-refractivity contribution in [3.63, 3.8) is 0 Å². The third-order valence-electron chi connectivity index (χ3n) is 5.93. The SMILES string of the molecule is COc1cc(C=C(CNC(=O)OCc2ccccc2)B2OC(C)(C)C(C)(C)O2)cc(OC)c1. The first-order valence-corrected chi connectivity index (χ1v) is 10.9. The molecule has 3 rings (SSSR count). The molecule has 1 aliphatic heterocycles. The molecule has 1 saturated heterocycles. The highest BCUT2D eigenvalue weighted by atomic mass is 16.7. The third kappa shape index (κ3) is 6.30. The molecule has 2 aromatic rings. The summed E-state index contributed by atoms with van der Waals surface area (Å²) in [6.45, 7) is 8.32. The molecule has 0 saturated carbocycles. The van der Waals surface area contributed by atoms with Crippen LogP contribution in [-0.4, -0.2) is 45.2 Å². The average molecular weight is 453 g/mol. The zero-order valence-corrected chi connectivity index (χ0v) is 20.1. The van der Waals surface area contributed by atoms with E-state index in [1.54, 1.807) is 20.3 Å². The van der Waals surface area contributed by atoms with E-state index in [1.165, 1.54) is 0 Å². The zero-order valence-electron chi connectivity index (χ0n) is 20.1. The van der Waals surface area contributed by atoms with Crippen molar-refractivity contribution in [2.24, 2.45) is 0 Å². The molecule has 2 aromatic carbocycles. The summed E-state index contributed by atoms with van der Waals surface area (Å²) in [5, 5.41) is 2.81. The van der Waals surface area contributed by atoms with Crippen LogP contribution in [0.2, 0.25) is 0 Å². The summed E-state index contributed by atoms with van der Waals surface area (Å²) in [6.07, 6.45) is 1.38. The number of alkyl carbamates (subject to hydrolysis) is 1. The van der Waals surface area contributed by atoms with Crippen LogP contribution >= 0.6 is 0 Å². The van der Waals surface area contributed by atoms with Crippen LogP contribution in [0.1, 0.15) is 38.8 Å². The number of ether oxygens (including phenoxy) is 3. The standard InChI is InChI=1S/C25H32BNO6/c1-24(2)25(3,4)33-26(32-24)20(12-19-13-21(29-5)15-22(14-19)30-6)16-27-23(28)31-17-18-10-8-7-9-11-18/h7-15H,16-17H2,1-6H3,(H,27,28). The van der Waals surface area contributed by atoms with Gasteiger partial charge in [0.25, 0.3) is 0 Å². The molecule has 8 heteroatoms. The van der Waals surface area contributed by atoms with E-state index in [0.717, 1.165) is 16.6 Å². The summed E-state index contributed by atoms with van der Waals surface area (Å²) in [5.74, 6) is 1.31. The number of rotatable bonds is 8. The summed E-state index contributed by atoms with van der Waals surface area (Å²) in [4.78, 5) is 12.4. The van der Waals surface area contributed by atoms with E-state index < -0.39 is 24.4 Å². The molecule has 1 fully saturated rings. The topological polar surface area (TPSA) is 75.3 Å². The third-order valence-corrected chi connectivity index (χ3v) is 5.93. The van der Waals surface area contributed by atoms with E-state index in [4.69, 9.17) is 23.5 Å². The molecule has 0 unspecified atom stereocenters. The summed E-state index contributed by atoms with van der Waals surface area (Å²) >= 11 is 0. The lowest BCUT2D eigenvalue weighted by atomic mass is 9.77. The molecule has 176 valence electrons. The van der Waals surface area contributed by atoms with Gasteiger partial charge in [-0.15, -0.1) is 0 Å². The Morgan fingerprint density at radius 3 is 2.09 bits per heavy atom. The Labute approximate surface area is 196 Å². The fourth-order valence-electron chi connectivity index (χ4n) is 3.27. The fourth-order valence-corrected chi connectivity index (χ4v) is 3.27. The van der Waals surface area contributed by atoms with Gasteiger partial charge in [-0.05, 0) is 56.4 Å². The number of amides is 1. The molecular weight excluding hydrogens is 421 g/mol. The van der Waals surface area contributed by atoms with Crippen LogP contribution in [0, 0.1) is 0 Å². The van der Waals surface area contributed by atoms with Gasteiger partial charge in [-0.25, -0.2) is 4.79 Å². The maximum atomic E-state index is 12.4. The van der Waals surface area contributed by atoms with Crippen LogP contribution in [0.4, 0.5) is 4.79 Å². The highest BCUT2D eigenvalue weighted by Crippen LogP contribution is 2.39. The molecule has 1 aliphatic rings. The molecule has 0 atom stereocenters. The van der Waals surface area contributed by atoms with Gasteiger partial charge in [0.15, 0.2) is 0 Å². The predicted octanol–water partition coefficient (Wildman–Crippen LogP) is 4.65. The van der Waals surface area contributed by atoms with Gasteiger partial charge in [0.2, 0.25) is 0 Å². The van der Waals surface area contributed by atoms with Gasteiger partial charge in [0.1, 0.15) is 18.1 Å². The molecule has 0 spiro atoms. The molecule has 7 nitrogen and oxygen atoms in total. The second kappa shape index (κ2) is 10.3. The molecule has 0 aliphatic carbocycles. The van der Waals surface area contributed by atoms with Crippen molar-refractivity contribution in [1.29, 1.82) is 0 Å². The number of carbonyl (C=O) groups is 1. The molecular formula is C25H32BNO6. The first-order chi connectivity index (χ1) is 15.6. The lowest BCUT2D eigenvalue weighted by molar-refractivity contribution is 0.00578. The maximum absolute atomic E-state index is 12.4. The Morgan fingerprint density at radius 1 is 0.970 bits per heavy atom. The highest BCUT2D eigenvalue weighted by Gasteiger charge is 2.52. The van der Waals surface area contributed by atoms with E-state index in [-0.39, 0.29) is 13.2 Å². The predicted molar refractivity (Wildman–Crippen MR) is 128 cm³/mol. The van der Waals surface area contributed by atoms with E-state index in [2.05, 4.69) is 5.32 Å². The van der Waals surface area contributed by atoms with E-state index in [9.17, 15) is 4.79 Å². The van der Waals surface area contributed by atoms with Crippen LogP contribution in [0.3, 0.4) is 0 Å².